The van der Waals surface area contributed by atoms with E-state index in [0.29, 0.717) is 38.0 Å². The van der Waals surface area contributed by atoms with E-state index in [-0.39, 0.29) is 29.7 Å². The van der Waals surface area contributed by atoms with Crippen LogP contribution in [-0.4, -0.2) is 45.9 Å². The maximum absolute atomic E-state index is 13.9. The molecule has 2 aromatic rings. The van der Waals surface area contributed by atoms with Crippen molar-refractivity contribution >= 4 is 17.4 Å². The average Bonchev–Trinajstić information content (AvgIpc) is 3.03. The molecule has 172 valence electrons. The van der Waals surface area contributed by atoms with Gasteiger partial charge in [-0.1, -0.05) is 13.3 Å². The maximum atomic E-state index is 13.9. The Bertz CT molecular complexity index is 1070. The first-order valence-corrected chi connectivity index (χ1v) is 10.6. The predicted octanol–water partition coefficient (Wildman–Crippen LogP) is 3.58. The van der Waals surface area contributed by atoms with E-state index in [0.717, 1.165) is 12.6 Å². The summed E-state index contributed by atoms with van der Waals surface area (Å²) in [4.78, 5) is 15.5. The lowest BCUT2D eigenvalue weighted by molar-refractivity contribution is -0.153. The van der Waals surface area contributed by atoms with Crippen molar-refractivity contribution in [2.45, 2.75) is 69.7 Å². The van der Waals surface area contributed by atoms with Gasteiger partial charge in [-0.05, 0) is 25.7 Å². The molecule has 0 aromatic carbocycles. The number of ether oxygens (including phenoxy) is 2. The average molecular weight is 451 g/mol. The molecule has 0 radical (unpaired) electrons. The number of alkyl halides is 3. The molecule has 1 aliphatic heterocycles. The summed E-state index contributed by atoms with van der Waals surface area (Å²) >= 11 is 0. The van der Waals surface area contributed by atoms with Gasteiger partial charge >= 0.3 is 12.1 Å². The standard InChI is InChI=1S/C21H24F3N5O3/c1-3-20(6-4-7-20)18-13(9-25)17(21(22,23)24)15-10-26-19(28-29(15)18)27-14-5-8-31-11-16(14)32-12(2)30/h10,14,16H,3-8,11H2,1-2H3,(H,27,28). The Morgan fingerprint density at radius 3 is 2.78 bits per heavy atom. The van der Waals surface area contributed by atoms with Gasteiger partial charge in [-0.3, -0.25) is 4.79 Å². The molecule has 32 heavy (non-hydrogen) atoms. The largest absolute Gasteiger partial charge is 0.458 e. The monoisotopic (exact) mass is 451 g/mol. The summed E-state index contributed by atoms with van der Waals surface area (Å²) < 4.78 is 53.7. The smallest absolute Gasteiger partial charge is 0.419 e. The molecule has 1 saturated carbocycles. The van der Waals surface area contributed by atoms with Crippen LogP contribution in [0.25, 0.3) is 5.52 Å². The van der Waals surface area contributed by atoms with E-state index in [1.165, 1.54) is 11.4 Å². The Labute approximate surface area is 182 Å². The van der Waals surface area contributed by atoms with Crippen molar-refractivity contribution in [3.63, 3.8) is 0 Å². The zero-order chi connectivity index (χ0) is 23.1. The molecule has 11 heteroatoms. The molecule has 4 rings (SSSR count). The van der Waals surface area contributed by atoms with E-state index in [9.17, 15) is 23.2 Å². The predicted molar refractivity (Wildman–Crippen MR) is 107 cm³/mol. The zero-order valence-corrected chi connectivity index (χ0v) is 17.8. The lowest BCUT2D eigenvalue weighted by atomic mass is 9.64. The SMILES string of the molecule is CCC1(c2c(C#N)c(C(F)(F)F)c3cnc(NC4CCOCC4OC(C)=O)nn23)CCC1. The fourth-order valence-corrected chi connectivity index (χ4v) is 4.73. The third kappa shape index (κ3) is 3.77. The first-order valence-electron chi connectivity index (χ1n) is 10.6. The molecule has 1 aliphatic carbocycles. The van der Waals surface area contributed by atoms with Gasteiger partial charge in [0, 0.05) is 18.9 Å². The number of aromatic nitrogens is 3. The third-order valence-corrected chi connectivity index (χ3v) is 6.51. The van der Waals surface area contributed by atoms with Crippen LogP contribution in [0, 0.1) is 11.3 Å². The van der Waals surface area contributed by atoms with Crippen molar-refractivity contribution < 1.29 is 27.4 Å². The summed E-state index contributed by atoms with van der Waals surface area (Å²) in [6.07, 6.45) is -0.794. The van der Waals surface area contributed by atoms with Crippen molar-refractivity contribution in [2.24, 2.45) is 0 Å². The Morgan fingerprint density at radius 1 is 1.47 bits per heavy atom. The highest BCUT2D eigenvalue weighted by molar-refractivity contribution is 5.67. The molecule has 1 N–H and O–H groups in total. The first kappa shape index (κ1) is 22.3. The second-order valence-corrected chi connectivity index (χ2v) is 8.34. The summed E-state index contributed by atoms with van der Waals surface area (Å²) in [6, 6.07) is 1.44. The van der Waals surface area contributed by atoms with Crippen molar-refractivity contribution in [1.29, 1.82) is 5.26 Å². The van der Waals surface area contributed by atoms with E-state index >= 15 is 0 Å². The van der Waals surface area contributed by atoms with E-state index in [4.69, 9.17) is 9.47 Å². The van der Waals surface area contributed by atoms with Crippen LogP contribution in [-0.2, 0) is 25.9 Å². The third-order valence-electron chi connectivity index (χ3n) is 6.51. The van der Waals surface area contributed by atoms with Crippen molar-refractivity contribution in [2.75, 3.05) is 18.5 Å². The molecular formula is C21H24F3N5O3. The van der Waals surface area contributed by atoms with Crippen LogP contribution < -0.4 is 5.32 Å². The Balaban J connectivity index is 1.81. The fraction of sp³-hybridized carbons (Fsp3) is 0.619. The van der Waals surface area contributed by atoms with E-state index in [1.807, 2.05) is 6.92 Å². The normalized spacial score (nSPS) is 22.8. The van der Waals surface area contributed by atoms with Crippen LogP contribution in [0.3, 0.4) is 0 Å². The van der Waals surface area contributed by atoms with E-state index in [2.05, 4.69) is 15.4 Å². The van der Waals surface area contributed by atoms with Gasteiger partial charge in [0.2, 0.25) is 5.95 Å². The number of rotatable bonds is 5. The minimum Gasteiger partial charge on any atom is -0.458 e. The number of hydrogen-bond donors (Lipinski definition) is 1. The topological polar surface area (TPSA) is 102 Å². The Morgan fingerprint density at radius 2 is 2.22 bits per heavy atom. The number of carbonyl (C=O) groups excluding carboxylic acids is 1. The molecule has 2 aromatic heterocycles. The number of carbonyl (C=O) groups is 1. The van der Waals surface area contributed by atoms with Gasteiger partial charge < -0.3 is 14.8 Å². The lowest BCUT2D eigenvalue weighted by Crippen LogP contribution is -2.45. The summed E-state index contributed by atoms with van der Waals surface area (Å²) in [7, 11) is 0. The quantitative estimate of drug-likeness (QED) is 0.694. The first-order chi connectivity index (χ1) is 15.2. The molecular weight excluding hydrogens is 427 g/mol. The summed E-state index contributed by atoms with van der Waals surface area (Å²) in [5.74, 6) is -0.360. The molecule has 1 saturated heterocycles. The molecule has 2 atom stereocenters. The molecule has 8 nitrogen and oxygen atoms in total. The van der Waals surface area contributed by atoms with Crippen molar-refractivity contribution in [3.8, 4) is 6.07 Å². The molecule has 2 unspecified atom stereocenters. The summed E-state index contributed by atoms with van der Waals surface area (Å²) in [6.45, 7) is 3.84. The van der Waals surface area contributed by atoms with E-state index < -0.39 is 29.2 Å². The van der Waals surface area contributed by atoms with E-state index in [1.54, 1.807) is 6.07 Å². The number of anilines is 1. The van der Waals surface area contributed by atoms with Crippen LogP contribution in [0.15, 0.2) is 6.20 Å². The maximum Gasteiger partial charge on any atom is 0.419 e. The Kier molecular flexibility index (Phi) is 5.75. The highest BCUT2D eigenvalue weighted by atomic mass is 19.4. The van der Waals surface area contributed by atoms with Crippen LogP contribution in [0.2, 0.25) is 0 Å². The van der Waals surface area contributed by atoms with Gasteiger partial charge in [0.05, 0.1) is 35.6 Å². The van der Waals surface area contributed by atoms with Gasteiger partial charge in [0.25, 0.3) is 0 Å². The highest BCUT2D eigenvalue weighted by Gasteiger charge is 2.47. The number of esters is 1. The number of hydrogen-bond acceptors (Lipinski definition) is 7. The lowest BCUT2D eigenvalue weighted by Gasteiger charge is -2.41. The number of fused-ring (bicyclic) bond motifs is 1. The minimum absolute atomic E-state index is 0.0987. The fourth-order valence-electron chi connectivity index (χ4n) is 4.73. The number of nitrogens with one attached hydrogen (secondary N) is 1. The minimum atomic E-state index is -4.72. The highest BCUT2D eigenvalue weighted by Crippen LogP contribution is 2.50. The van der Waals surface area contributed by atoms with Crippen LogP contribution in [0.1, 0.15) is 62.8 Å². The molecule has 2 fully saturated rings. The second kappa shape index (κ2) is 8.24. The van der Waals surface area contributed by atoms with Gasteiger partial charge in [-0.2, -0.15) is 18.4 Å². The van der Waals surface area contributed by atoms with Gasteiger partial charge in [0.15, 0.2) is 0 Å². The summed E-state index contributed by atoms with van der Waals surface area (Å²) in [5.41, 5.74) is -1.84. The van der Waals surface area contributed by atoms with Crippen LogP contribution in [0.4, 0.5) is 19.1 Å². The molecule has 2 aliphatic rings. The number of halogens is 3. The molecule has 0 spiro atoms. The molecule has 0 amide bonds. The molecule has 0 bridgehead atoms. The zero-order valence-electron chi connectivity index (χ0n) is 17.8. The second-order valence-electron chi connectivity index (χ2n) is 8.34. The Hall–Kier alpha value is -2.87. The molecule has 3 heterocycles. The summed E-state index contributed by atoms with van der Waals surface area (Å²) in [5, 5.41) is 17.2. The van der Waals surface area contributed by atoms with Crippen LogP contribution in [0.5, 0.6) is 0 Å². The number of nitrogens with zero attached hydrogens (tertiary/aromatic N) is 4. The van der Waals surface area contributed by atoms with Crippen molar-refractivity contribution in [3.05, 3.63) is 23.0 Å². The number of nitriles is 1. The van der Waals surface area contributed by atoms with Gasteiger partial charge in [0.1, 0.15) is 17.7 Å². The van der Waals surface area contributed by atoms with Crippen molar-refractivity contribution in [1.82, 2.24) is 14.6 Å². The van der Waals surface area contributed by atoms with Gasteiger partial charge in [-0.15, -0.1) is 5.10 Å². The van der Waals surface area contributed by atoms with Crippen LogP contribution >= 0.6 is 0 Å². The van der Waals surface area contributed by atoms with Gasteiger partial charge in [-0.25, -0.2) is 9.50 Å².